The van der Waals surface area contributed by atoms with Crippen LogP contribution >= 0.6 is 11.3 Å². The van der Waals surface area contributed by atoms with Gasteiger partial charge in [0.2, 0.25) is 5.91 Å². The Hall–Kier alpha value is -1.96. The summed E-state index contributed by atoms with van der Waals surface area (Å²) in [6.45, 7) is 3.50. The SMILES string of the molecule is Cc1sc(NC(=O)C(N)c2cccc(O)c2)nc1C1CCCOC1. The zero-order valence-electron chi connectivity index (χ0n) is 13.5. The number of ether oxygens (including phenoxy) is 1. The molecule has 1 fully saturated rings. The maximum atomic E-state index is 12.3. The number of phenols is 1. The van der Waals surface area contributed by atoms with Crippen LogP contribution in [0.3, 0.4) is 0 Å². The number of benzene rings is 1. The molecule has 4 N–H and O–H groups in total. The number of hydrogen-bond donors (Lipinski definition) is 3. The van der Waals surface area contributed by atoms with Crippen LogP contribution in [0.2, 0.25) is 0 Å². The number of carbonyl (C=O) groups excluding carboxylic acids is 1. The number of nitrogens with two attached hydrogens (primary N) is 1. The summed E-state index contributed by atoms with van der Waals surface area (Å²) in [5, 5.41) is 12.8. The van der Waals surface area contributed by atoms with Gasteiger partial charge in [-0.1, -0.05) is 12.1 Å². The van der Waals surface area contributed by atoms with E-state index in [0.717, 1.165) is 30.0 Å². The molecule has 1 aliphatic heterocycles. The minimum Gasteiger partial charge on any atom is -0.508 e. The van der Waals surface area contributed by atoms with Crippen molar-refractivity contribution in [3.8, 4) is 5.75 Å². The Labute approximate surface area is 144 Å². The Balaban J connectivity index is 1.70. The van der Waals surface area contributed by atoms with Gasteiger partial charge in [-0.15, -0.1) is 11.3 Å². The first kappa shape index (κ1) is 16.9. The fraction of sp³-hybridized carbons (Fsp3) is 0.412. The number of carbonyl (C=O) groups is 1. The number of thiazole rings is 1. The minimum atomic E-state index is -0.859. The van der Waals surface area contributed by atoms with Gasteiger partial charge in [0.15, 0.2) is 5.13 Å². The Morgan fingerprint density at radius 3 is 3.08 bits per heavy atom. The third-order valence-electron chi connectivity index (χ3n) is 4.12. The summed E-state index contributed by atoms with van der Waals surface area (Å²) in [6, 6.07) is 5.54. The molecule has 1 aromatic heterocycles. The number of anilines is 1. The first-order chi connectivity index (χ1) is 11.5. The van der Waals surface area contributed by atoms with E-state index in [1.165, 1.54) is 23.5 Å². The van der Waals surface area contributed by atoms with E-state index >= 15 is 0 Å². The molecule has 0 spiro atoms. The summed E-state index contributed by atoms with van der Waals surface area (Å²) in [7, 11) is 0. The molecule has 7 heteroatoms. The van der Waals surface area contributed by atoms with Crippen molar-refractivity contribution in [3.63, 3.8) is 0 Å². The highest BCUT2D eigenvalue weighted by Crippen LogP contribution is 2.32. The molecular formula is C17H21N3O3S. The van der Waals surface area contributed by atoms with Gasteiger partial charge in [0.05, 0.1) is 12.3 Å². The van der Waals surface area contributed by atoms with Crippen molar-refractivity contribution in [2.24, 2.45) is 5.73 Å². The summed E-state index contributed by atoms with van der Waals surface area (Å²) in [5.74, 6) is 0.0293. The lowest BCUT2D eigenvalue weighted by atomic mass is 9.98. The molecule has 0 aliphatic carbocycles. The van der Waals surface area contributed by atoms with E-state index in [0.29, 0.717) is 23.2 Å². The van der Waals surface area contributed by atoms with Crippen LogP contribution in [0.5, 0.6) is 5.75 Å². The van der Waals surface area contributed by atoms with Crippen molar-refractivity contribution < 1.29 is 14.6 Å². The molecular weight excluding hydrogens is 326 g/mol. The Kier molecular flexibility index (Phi) is 5.13. The molecule has 1 saturated heterocycles. The number of amides is 1. The van der Waals surface area contributed by atoms with Gasteiger partial charge in [-0.25, -0.2) is 4.98 Å². The molecule has 1 aliphatic rings. The normalized spacial score (nSPS) is 19.0. The first-order valence-electron chi connectivity index (χ1n) is 7.95. The third-order valence-corrected chi connectivity index (χ3v) is 5.02. The van der Waals surface area contributed by atoms with Gasteiger partial charge in [0, 0.05) is 17.4 Å². The zero-order valence-corrected chi connectivity index (χ0v) is 14.3. The van der Waals surface area contributed by atoms with E-state index in [2.05, 4.69) is 10.3 Å². The van der Waals surface area contributed by atoms with E-state index in [4.69, 9.17) is 10.5 Å². The van der Waals surface area contributed by atoms with Crippen LogP contribution in [0.1, 0.15) is 40.9 Å². The highest BCUT2D eigenvalue weighted by atomic mass is 32.1. The second kappa shape index (κ2) is 7.29. The third kappa shape index (κ3) is 3.75. The average Bonchev–Trinajstić information content (AvgIpc) is 2.95. The van der Waals surface area contributed by atoms with Gasteiger partial charge in [-0.2, -0.15) is 0 Å². The van der Waals surface area contributed by atoms with Crippen LogP contribution in [0, 0.1) is 6.92 Å². The number of rotatable bonds is 4. The van der Waals surface area contributed by atoms with Crippen LogP contribution in [0.25, 0.3) is 0 Å². The fourth-order valence-corrected chi connectivity index (χ4v) is 3.75. The molecule has 24 heavy (non-hydrogen) atoms. The van der Waals surface area contributed by atoms with Crippen molar-refractivity contribution in [1.29, 1.82) is 0 Å². The summed E-state index contributed by atoms with van der Waals surface area (Å²) in [5.41, 5.74) is 7.53. The van der Waals surface area contributed by atoms with Crippen LogP contribution in [0.15, 0.2) is 24.3 Å². The molecule has 0 bridgehead atoms. The predicted octanol–water partition coefficient (Wildman–Crippen LogP) is 2.69. The Morgan fingerprint density at radius 1 is 1.54 bits per heavy atom. The van der Waals surface area contributed by atoms with Crippen LogP contribution in [0.4, 0.5) is 5.13 Å². The number of hydrogen-bond acceptors (Lipinski definition) is 6. The predicted molar refractivity (Wildman–Crippen MR) is 93.3 cm³/mol. The van der Waals surface area contributed by atoms with E-state index in [9.17, 15) is 9.90 Å². The smallest absolute Gasteiger partial charge is 0.247 e. The van der Waals surface area contributed by atoms with Crippen molar-refractivity contribution in [1.82, 2.24) is 4.98 Å². The number of aromatic hydroxyl groups is 1. The van der Waals surface area contributed by atoms with E-state index in [-0.39, 0.29) is 11.7 Å². The highest BCUT2D eigenvalue weighted by Gasteiger charge is 2.23. The topological polar surface area (TPSA) is 97.5 Å². The van der Waals surface area contributed by atoms with Crippen molar-refractivity contribution >= 4 is 22.4 Å². The molecule has 0 radical (unpaired) electrons. The minimum absolute atomic E-state index is 0.0837. The molecule has 2 atom stereocenters. The number of phenolic OH excluding ortho intramolecular Hbond substituents is 1. The quantitative estimate of drug-likeness (QED) is 0.790. The second-order valence-corrected chi connectivity index (χ2v) is 7.14. The number of nitrogens with zero attached hydrogens (tertiary/aromatic N) is 1. The van der Waals surface area contributed by atoms with Crippen LogP contribution < -0.4 is 11.1 Å². The molecule has 1 amide bonds. The van der Waals surface area contributed by atoms with Gasteiger partial charge in [0.25, 0.3) is 0 Å². The summed E-state index contributed by atoms with van der Waals surface area (Å²) >= 11 is 1.45. The average molecular weight is 347 g/mol. The van der Waals surface area contributed by atoms with E-state index in [1.54, 1.807) is 12.1 Å². The highest BCUT2D eigenvalue weighted by molar-refractivity contribution is 7.15. The molecule has 2 unspecified atom stereocenters. The molecule has 128 valence electrons. The van der Waals surface area contributed by atoms with Crippen LogP contribution in [-0.2, 0) is 9.53 Å². The maximum Gasteiger partial charge on any atom is 0.247 e. The molecule has 2 heterocycles. The van der Waals surface area contributed by atoms with Crippen molar-refractivity contribution in [2.75, 3.05) is 18.5 Å². The van der Waals surface area contributed by atoms with Gasteiger partial charge >= 0.3 is 0 Å². The van der Waals surface area contributed by atoms with Gasteiger partial charge in [0.1, 0.15) is 11.8 Å². The number of aryl methyl sites for hydroxylation is 1. The zero-order chi connectivity index (χ0) is 17.1. The molecule has 0 saturated carbocycles. The fourth-order valence-electron chi connectivity index (χ4n) is 2.85. The van der Waals surface area contributed by atoms with Gasteiger partial charge in [-0.05, 0) is 37.5 Å². The summed E-state index contributed by atoms with van der Waals surface area (Å²) in [4.78, 5) is 18.0. The van der Waals surface area contributed by atoms with Gasteiger partial charge in [-0.3, -0.25) is 4.79 Å². The molecule has 6 nitrogen and oxygen atoms in total. The first-order valence-corrected chi connectivity index (χ1v) is 8.76. The lowest BCUT2D eigenvalue weighted by molar-refractivity contribution is -0.117. The molecule has 2 aromatic rings. The van der Waals surface area contributed by atoms with Crippen molar-refractivity contribution in [3.05, 3.63) is 40.4 Å². The Bertz CT molecular complexity index is 726. The second-order valence-electron chi connectivity index (χ2n) is 5.94. The largest absolute Gasteiger partial charge is 0.508 e. The van der Waals surface area contributed by atoms with Gasteiger partial charge < -0.3 is 20.9 Å². The summed E-state index contributed by atoms with van der Waals surface area (Å²) in [6.07, 6.45) is 2.09. The maximum absolute atomic E-state index is 12.3. The van der Waals surface area contributed by atoms with Crippen molar-refractivity contribution in [2.45, 2.75) is 31.7 Å². The monoisotopic (exact) mass is 347 g/mol. The molecule has 1 aromatic carbocycles. The lowest BCUT2D eigenvalue weighted by Gasteiger charge is -2.20. The number of aromatic nitrogens is 1. The van der Waals surface area contributed by atoms with E-state index < -0.39 is 6.04 Å². The van der Waals surface area contributed by atoms with E-state index in [1.807, 2.05) is 6.92 Å². The standard InChI is InChI=1S/C17H21N3O3S/c1-10-15(12-5-3-7-23-9-12)19-17(24-10)20-16(22)14(18)11-4-2-6-13(21)8-11/h2,4,6,8,12,14,21H,3,5,7,9,18H2,1H3,(H,19,20,22). The van der Waals surface area contributed by atoms with Crippen LogP contribution in [-0.4, -0.2) is 29.2 Å². The number of nitrogens with one attached hydrogen (secondary N) is 1. The lowest BCUT2D eigenvalue weighted by Crippen LogP contribution is -2.27. The summed E-state index contributed by atoms with van der Waals surface area (Å²) < 4.78 is 5.52. The molecule has 3 rings (SSSR count). The Morgan fingerprint density at radius 2 is 2.38 bits per heavy atom.